The summed E-state index contributed by atoms with van der Waals surface area (Å²) in [5.41, 5.74) is 8.49. The summed E-state index contributed by atoms with van der Waals surface area (Å²) < 4.78 is 0. The molecule has 1 saturated carbocycles. The number of hydrogen-bond acceptors (Lipinski definition) is 2. The summed E-state index contributed by atoms with van der Waals surface area (Å²) in [6, 6.07) is 0. The fraction of sp³-hybridized carbons (Fsp3) is 0.700. The van der Waals surface area contributed by atoms with Crippen LogP contribution in [0.5, 0.6) is 0 Å². The molecule has 1 aromatic rings. The largest absolute Gasteiger partial charge is 0.369 e. The minimum Gasteiger partial charge on any atom is -0.369 e. The number of nitrogen functional groups attached to an aromatic ring is 1. The number of H-pyrrole nitrogens is 1. The molecule has 0 radical (unpaired) electrons. The lowest BCUT2D eigenvalue weighted by atomic mass is 10.1. The maximum Gasteiger partial charge on any atom is 0.197 e. The van der Waals surface area contributed by atoms with Gasteiger partial charge in [0.15, 0.2) is 5.95 Å². The van der Waals surface area contributed by atoms with E-state index >= 15 is 0 Å². The zero-order valence-electron chi connectivity index (χ0n) is 8.52. The Balaban J connectivity index is 2.30. The molecule has 3 N–H and O–H groups in total. The number of imidazole rings is 1. The monoisotopic (exact) mass is 179 g/mol. The van der Waals surface area contributed by atoms with Crippen molar-refractivity contribution < 1.29 is 0 Å². The van der Waals surface area contributed by atoms with E-state index in [9.17, 15) is 0 Å². The van der Waals surface area contributed by atoms with Crippen molar-refractivity contribution in [2.75, 3.05) is 5.73 Å². The second kappa shape index (κ2) is 2.50. The fourth-order valence-corrected chi connectivity index (χ4v) is 1.94. The highest BCUT2D eigenvalue weighted by Gasteiger charge is 2.48. The Morgan fingerprint density at radius 1 is 1.62 bits per heavy atom. The number of anilines is 1. The van der Waals surface area contributed by atoms with Gasteiger partial charge in [-0.05, 0) is 18.3 Å². The van der Waals surface area contributed by atoms with Gasteiger partial charge in [0.1, 0.15) is 0 Å². The van der Waals surface area contributed by atoms with Crippen LogP contribution in [0.2, 0.25) is 0 Å². The molecule has 0 saturated heterocycles. The SMILES string of the molecule is CCc1[nH]c(N)nc1C1CC1(C)C. The van der Waals surface area contributed by atoms with Gasteiger partial charge in [-0.25, -0.2) is 4.98 Å². The average molecular weight is 179 g/mol. The molecule has 3 nitrogen and oxygen atoms in total. The summed E-state index contributed by atoms with van der Waals surface area (Å²) in [6.45, 7) is 6.69. The molecule has 1 aromatic heterocycles. The van der Waals surface area contributed by atoms with E-state index in [1.54, 1.807) is 0 Å². The third-order valence-electron chi connectivity index (χ3n) is 3.03. The van der Waals surface area contributed by atoms with Crippen LogP contribution in [0.1, 0.15) is 44.5 Å². The first-order chi connectivity index (χ1) is 6.04. The predicted octanol–water partition coefficient (Wildman–Crippen LogP) is 2.07. The van der Waals surface area contributed by atoms with Crippen LogP contribution < -0.4 is 5.73 Å². The van der Waals surface area contributed by atoms with E-state index in [1.165, 1.54) is 17.8 Å². The first-order valence-corrected chi connectivity index (χ1v) is 4.89. The number of hydrogen-bond donors (Lipinski definition) is 2. The highest BCUT2D eigenvalue weighted by atomic mass is 15.0. The molecule has 0 aromatic carbocycles. The summed E-state index contributed by atoms with van der Waals surface area (Å²) in [5.74, 6) is 1.19. The smallest absolute Gasteiger partial charge is 0.197 e. The van der Waals surface area contributed by atoms with Crippen molar-refractivity contribution in [2.45, 2.75) is 39.5 Å². The molecule has 1 atom stereocenters. The second-order valence-corrected chi connectivity index (χ2v) is 4.58. The van der Waals surface area contributed by atoms with Gasteiger partial charge >= 0.3 is 0 Å². The highest BCUT2D eigenvalue weighted by molar-refractivity contribution is 5.33. The van der Waals surface area contributed by atoms with Crippen molar-refractivity contribution in [1.29, 1.82) is 0 Å². The van der Waals surface area contributed by atoms with Gasteiger partial charge in [-0.2, -0.15) is 0 Å². The van der Waals surface area contributed by atoms with Crippen molar-refractivity contribution in [3.63, 3.8) is 0 Å². The molecule has 1 unspecified atom stereocenters. The quantitative estimate of drug-likeness (QED) is 0.730. The third-order valence-corrected chi connectivity index (χ3v) is 3.03. The highest BCUT2D eigenvalue weighted by Crippen LogP contribution is 2.58. The van der Waals surface area contributed by atoms with E-state index in [4.69, 9.17) is 5.73 Å². The number of nitrogens with one attached hydrogen (secondary N) is 1. The maximum absolute atomic E-state index is 5.64. The molecule has 0 bridgehead atoms. The number of aryl methyl sites for hydroxylation is 1. The zero-order valence-corrected chi connectivity index (χ0v) is 8.52. The van der Waals surface area contributed by atoms with Gasteiger partial charge in [-0.1, -0.05) is 20.8 Å². The number of nitrogens with zero attached hydrogens (tertiary/aromatic N) is 1. The fourth-order valence-electron chi connectivity index (χ4n) is 1.94. The molecule has 0 aliphatic heterocycles. The lowest BCUT2D eigenvalue weighted by Gasteiger charge is -2.01. The zero-order chi connectivity index (χ0) is 9.64. The van der Waals surface area contributed by atoms with Gasteiger partial charge in [-0.3, -0.25) is 0 Å². The lowest BCUT2D eigenvalue weighted by molar-refractivity contribution is 0.615. The predicted molar refractivity (Wildman–Crippen MR) is 53.5 cm³/mol. The molecule has 0 amide bonds. The number of rotatable bonds is 2. The van der Waals surface area contributed by atoms with Crippen LogP contribution in [0.15, 0.2) is 0 Å². The summed E-state index contributed by atoms with van der Waals surface area (Å²) in [4.78, 5) is 7.48. The Hall–Kier alpha value is -0.990. The van der Waals surface area contributed by atoms with Crippen molar-refractivity contribution in [1.82, 2.24) is 9.97 Å². The van der Waals surface area contributed by atoms with Crippen LogP contribution in [0.3, 0.4) is 0 Å². The van der Waals surface area contributed by atoms with E-state index in [0.29, 0.717) is 17.3 Å². The van der Waals surface area contributed by atoms with Gasteiger partial charge in [0.05, 0.1) is 5.69 Å². The molecule has 1 heterocycles. The van der Waals surface area contributed by atoms with Crippen LogP contribution in [-0.4, -0.2) is 9.97 Å². The van der Waals surface area contributed by atoms with E-state index in [0.717, 1.165) is 6.42 Å². The third kappa shape index (κ3) is 1.32. The summed E-state index contributed by atoms with van der Waals surface area (Å²) >= 11 is 0. The van der Waals surface area contributed by atoms with Gasteiger partial charge in [0.25, 0.3) is 0 Å². The van der Waals surface area contributed by atoms with Crippen LogP contribution >= 0.6 is 0 Å². The molecule has 2 rings (SSSR count). The Kier molecular flexibility index (Phi) is 1.65. The van der Waals surface area contributed by atoms with Crippen molar-refractivity contribution >= 4 is 5.95 Å². The van der Waals surface area contributed by atoms with E-state index in [1.807, 2.05) is 0 Å². The Morgan fingerprint density at radius 2 is 2.23 bits per heavy atom. The first-order valence-electron chi connectivity index (χ1n) is 4.89. The van der Waals surface area contributed by atoms with Gasteiger partial charge < -0.3 is 10.7 Å². The molecule has 0 spiro atoms. The average Bonchev–Trinajstić information content (AvgIpc) is 2.53. The van der Waals surface area contributed by atoms with Crippen LogP contribution in [0, 0.1) is 5.41 Å². The van der Waals surface area contributed by atoms with E-state index < -0.39 is 0 Å². The second-order valence-electron chi connectivity index (χ2n) is 4.58. The molecule has 1 fully saturated rings. The Morgan fingerprint density at radius 3 is 2.69 bits per heavy atom. The van der Waals surface area contributed by atoms with Crippen LogP contribution in [0.4, 0.5) is 5.95 Å². The molecular formula is C10H17N3. The molecule has 1 aliphatic carbocycles. The topological polar surface area (TPSA) is 54.7 Å². The molecule has 72 valence electrons. The molecule has 13 heavy (non-hydrogen) atoms. The minimum atomic E-state index is 0.436. The molecular weight excluding hydrogens is 162 g/mol. The summed E-state index contributed by atoms with van der Waals surface area (Å²) in [5, 5.41) is 0. The lowest BCUT2D eigenvalue weighted by Crippen LogP contribution is -1.94. The normalized spacial score (nSPS) is 24.7. The van der Waals surface area contributed by atoms with Crippen molar-refractivity contribution in [3.8, 4) is 0 Å². The van der Waals surface area contributed by atoms with E-state index in [2.05, 4.69) is 30.7 Å². The molecule has 3 heteroatoms. The van der Waals surface area contributed by atoms with Crippen LogP contribution in [0.25, 0.3) is 0 Å². The van der Waals surface area contributed by atoms with Gasteiger partial charge in [0, 0.05) is 11.6 Å². The Labute approximate surface area is 78.7 Å². The summed E-state index contributed by atoms with van der Waals surface area (Å²) in [6.07, 6.45) is 2.23. The van der Waals surface area contributed by atoms with Gasteiger partial charge in [-0.15, -0.1) is 0 Å². The van der Waals surface area contributed by atoms with E-state index in [-0.39, 0.29) is 0 Å². The van der Waals surface area contributed by atoms with Crippen LogP contribution in [-0.2, 0) is 6.42 Å². The molecule has 1 aliphatic rings. The van der Waals surface area contributed by atoms with Crippen molar-refractivity contribution in [3.05, 3.63) is 11.4 Å². The van der Waals surface area contributed by atoms with Gasteiger partial charge in [0.2, 0.25) is 0 Å². The maximum atomic E-state index is 5.64. The Bertz CT molecular complexity index is 325. The standard InChI is InChI=1S/C10H17N3/c1-4-7-8(13-9(11)12-7)6-5-10(6,2)3/h6H,4-5H2,1-3H3,(H3,11,12,13). The first kappa shape index (κ1) is 8.60. The minimum absolute atomic E-state index is 0.436. The number of nitrogens with two attached hydrogens (primary N) is 1. The van der Waals surface area contributed by atoms with Crippen molar-refractivity contribution in [2.24, 2.45) is 5.41 Å². The number of aromatic amines is 1. The summed E-state index contributed by atoms with van der Waals surface area (Å²) in [7, 11) is 0. The number of aromatic nitrogens is 2.